The fourth-order valence-electron chi connectivity index (χ4n) is 1.52. The summed E-state index contributed by atoms with van der Waals surface area (Å²) in [5.74, 6) is -3.17. The first-order chi connectivity index (χ1) is 8.91. The molecule has 0 N–H and O–H groups in total. The molecular weight excluding hydrogens is 252 g/mol. The van der Waals surface area contributed by atoms with E-state index in [4.69, 9.17) is 4.74 Å². The summed E-state index contributed by atoms with van der Waals surface area (Å²) in [6.07, 6.45) is 4.20. The molecule has 2 heterocycles. The van der Waals surface area contributed by atoms with Crippen molar-refractivity contribution in [3.63, 3.8) is 0 Å². The fourth-order valence-corrected chi connectivity index (χ4v) is 1.52. The van der Waals surface area contributed by atoms with E-state index in [0.717, 1.165) is 24.3 Å². The Bertz CT molecular complexity index is 511. The summed E-state index contributed by atoms with van der Waals surface area (Å²) < 4.78 is 5.00. The zero-order valence-corrected chi connectivity index (χ0v) is 9.66. The minimum absolute atomic E-state index is 0.336. The van der Waals surface area contributed by atoms with E-state index in [2.05, 4.69) is 13.2 Å². The van der Waals surface area contributed by atoms with Crippen molar-refractivity contribution >= 4 is 23.6 Å². The summed E-state index contributed by atoms with van der Waals surface area (Å²) >= 11 is 0. The van der Waals surface area contributed by atoms with Gasteiger partial charge in [0.05, 0.1) is 0 Å². The average Bonchev–Trinajstić information content (AvgIpc) is 2.82. The molecule has 0 aromatic carbocycles. The summed E-state index contributed by atoms with van der Waals surface area (Å²) in [7, 11) is 0. The molecule has 0 unspecified atom stereocenters. The summed E-state index contributed by atoms with van der Waals surface area (Å²) in [5.41, 5.74) is 0. The van der Waals surface area contributed by atoms with Crippen LogP contribution in [-0.4, -0.2) is 33.4 Å². The van der Waals surface area contributed by atoms with Crippen molar-refractivity contribution in [3.8, 4) is 0 Å². The molecule has 0 fully saturated rings. The zero-order valence-electron chi connectivity index (χ0n) is 9.66. The van der Waals surface area contributed by atoms with Crippen molar-refractivity contribution in [2.45, 2.75) is 0 Å². The topological polar surface area (TPSA) is 84.0 Å². The highest BCUT2D eigenvalue weighted by atomic mass is 16.5. The maximum absolute atomic E-state index is 11.3. The van der Waals surface area contributed by atoms with Gasteiger partial charge in [-0.3, -0.25) is 19.2 Å². The van der Waals surface area contributed by atoms with E-state index in [-0.39, 0.29) is 11.8 Å². The first-order valence-corrected chi connectivity index (χ1v) is 5.09. The Morgan fingerprint density at radius 1 is 0.737 bits per heavy atom. The van der Waals surface area contributed by atoms with Crippen LogP contribution in [0.4, 0.5) is 0 Å². The van der Waals surface area contributed by atoms with Gasteiger partial charge in [0.25, 0.3) is 23.6 Å². The number of carbonyl (C=O) groups excluding carboxylic acids is 4. The number of ether oxygens (including phenoxy) is 1. The number of carbonyl (C=O) groups is 4. The van der Waals surface area contributed by atoms with Crippen molar-refractivity contribution in [3.05, 3.63) is 49.2 Å². The molecule has 0 aromatic rings. The predicted molar refractivity (Wildman–Crippen MR) is 61.4 cm³/mol. The van der Waals surface area contributed by atoms with Crippen LogP contribution in [0, 0.1) is 0 Å². The number of hydrogen-bond donors (Lipinski definition) is 0. The standard InChI is InChI=1S/C12H8N2O5/c1-7(13-9(15)3-4-10(13)16)19-8(2)14-11(17)5-6-12(14)18/h3-6H,1-2H2. The van der Waals surface area contributed by atoms with Crippen molar-refractivity contribution < 1.29 is 23.9 Å². The van der Waals surface area contributed by atoms with Crippen molar-refractivity contribution in [1.82, 2.24) is 9.80 Å². The van der Waals surface area contributed by atoms with Crippen LogP contribution < -0.4 is 0 Å². The molecule has 2 aliphatic rings. The van der Waals surface area contributed by atoms with E-state index < -0.39 is 23.6 Å². The van der Waals surface area contributed by atoms with Crippen LogP contribution >= 0.6 is 0 Å². The average molecular weight is 260 g/mol. The predicted octanol–water partition coefficient (Wildman–Crippen LogP) is -0.205. The largest absolute Gasteiger partial charge is 0.424 e. The van der Waals surface area contributed by atoms with E-state index >= 15 is 0 Å². The molecule has 19 heavy (non-hydrogen) atoms. The lowest BCUT2D eigenvalue weighted by atomic mass is 10.5. The Morgan fingerprint density at radius 3 is 1.26 bits per heavy atom. The monoisotopic (exact) mass is 260 g/mol. The summed E-state index contributed by atoms with van der Waals surface area (Å²) in [5, 5.41) is 0. The second-order valence-electron chi connectivity index (χ2n) is 3.58. The molecule has 96 valence electrons. The number of hydrogen-bond acceptors (Lipinski definition) is 5. The van der Waals surface area contributed by atoms with Gasteiger partial charge in [-0.2, -0.15) is 0 Å². The van der Waals surface area contributed by atoms with Crippen LogP contribution in [0.2, 0.25) is 0 Å². The Kier molecular flexibility index (Phi) is 2.88. The third kappa shape index (κ3) is 2.08. The van der Waals surface area contributed by atoms with Crippen LogP contribution in [0.5, 0.6) is 0 Å². The van der Waals surface area contributed by atoms with Gasteiger partial charge in [-0.15, -0.1) is 0 Å². The zero-order chi connectivity index (χ0) is 14.2. The lowest BCUT2D eigenvalue weighted by Gasteiger charge is -2.21. The van der Waals surface area contributed by atoms with Crippen LogP contribution in [-0.2, 0) is 23.9 Å². The summed E-state index contributed by atoms with van der Waals surface area (Å²) in [6, 6.07) is 0. The number of amides is 4. The van der Waals surface area contributed by atoms with Gasteiger partial charge in [-0.05, 0) is 13.2 Å². The smallest absolute Gasteiger partial charge is 0.260 e. The van der Waals surface area contributed by atoms with Gasteiger partial charge in [-0.1, -0.05) is 0 Å². The molecule has 2 rings (SSSR count). The van der Waals surface area contributed by atoms with Crippen LogP contribution in [0.3, 0.4) is 0 Å². The minimum atomic E-state index is -0.625. The first kappa shape index (κ1) is 12.5. The maximum atomic E-state index is 11.3. The Balaban J connectivity index is 2.06. The molecule has 0 saturated carbocycles. The Labute approximate surface area is 107 Å². The maximum Gasteiger partial charge on any atom is 0.260 e. The molecule has 0 bridgehead atoms. The van der Waals surface area contributed by atoms with E-state index in [1.807, 2.05) is 0 Å². The van der Waals surface area contributed by atoms with Gasteiger partial charge in [0, 0.05) is 24.3 Å². The van der Waals surface area contributed by atoms with Gasteiger partial charge in [0.2, 0.25) is 11.8 Å². The van der Waals surface area contributed by atoms with Crippen molar-refractivity contribution in [1.29, 1.82) is 0 Å². The lowest BCUT2D eigenvalue weighted by Crippen LogP contribution is -2.34. The van der Waals surface area contributed by atoms with Gasteiger partial charge < -0.3 is 4.74 Å². The highest BCUT2D eigenvalue weighted by Crippen LogP contribution is 2.19. The normalized spacial score (nSPS) is 17.7. The van der Waals surface area contributed by atoms with Crippen LogP contribution in [0.25, 0.3) is 0 Å². The molecular formula is C12H8N2O5. The fraction of sp³-hybridized carbons (Fsp3) is 0. The molecule has 2 aliphatic heterocycles. The number of nitrogens with zero attached hydrogens (tertiary/aromatic N) is 2. The number of rotatable bonds is 4. The van der Waals surface area contributed by atoms with E-state index in [9.17, 15) is 19.2 Å². The SMILES string of the molecule is C=C(OC(=C)N1C(=O)C=CC1=O)N1C(=O)C=CC1=O. The third-order valence-electron chi connectivity index (χ3n) is 2.35. The van der Waals surface area contributed by atoms with Crippen LogP contribution in [0.15, 0.2) is 49.2 Å². The minimum Gasteiger partial charge on any atom is -0.424 e. The quantitative estimate of drug-likeness (QED) is 0.516. The van der Waals surface area contributed by atoms with E-state index in [1.54, 1.807) is 0 Å². The molecule has 7 nitrogen and oxygen atoms in total. The third-order valence-corrected chi connectivity index (χ3v) is 2.35. The van der Waals surface area contributed by atoms with Crippen molar-refractivity contribution in [2.75, 3.05) is 0 Å². The van der Waals surface area contributed by atoms with E-state index in [0.29, 0.717) is 9.80 Å². The summed E-state index contributed by atoms with van der Waals surface area (Å²) in [6.45, 7) is 6.78. The van der Waals surface area contributed by atoms with Gasteiger partial charge >= 0.3 is 0 Å². The highest BCUT2D eigenvalue weighted by Gasteiger charge is 2.31. The van der Waals surface area contributed by atoms with Gasteiger partial charge in [-0.25, -0.2) is 9.80 Å². The molecule has 0 aliphatic carbocycles. The molecule has 0 radical (unpaired) electrons. The Morgan fingerprint density at radius 2 is 1.00 bits per heavy atom. The Hall–Kier alpha value is -2.96. The van der Waals surface area contributed by atoms with Crippen molar-refractivity contribution in [2.24, 2.45) is 0 Å². The molecule has 0 aromatic heterocycles. The summed E-state index contributed by atoms with van der Waals surface area (Å²) in [4.78, 5) is 46.7. The highest BCUT2D eigenvalue weighted by molar-refractivity contribution is 6.15. The van der Waals surface area contributed by atoms with Gasteiger partial charge in [0.1, 0.15) is 0 Å². The second kappa shape index (κ2) is 4.37. The number of imide groups is 2. The van der Waals surface area contributed by atoms with E-state index in [1.165, 1.54) is 0 Å². The second-order valence-corrected chi connectivity index (χ2v) is 3.58. The first-order valence-electron chi connectivity index (χ1n) is 5.09. The van der Waals surface area contributed by atoms with Crippen LogP contribution in [0.1, 0.15) is 0 Å². The molecule has 0 atom stereocenters. The molecule has 7 heteroatoms. The lowest BCUT2D eigenvalue weighted by molar-refractivity contribution is -0.138. The molecule has 0 spiro atoms. The molecule has 0 saturated heterocycles. The van der Waals surface area contributed by atoms with Gasteiger partial charge in [0.15, 0.2) is 0 Å². The molecule has 4 amide bonds.